The maximum absolute atomic E-state index is 14.1. The van der Waals surface area contributed by atoms with Gasteiger partial charge in [-0.25, -0.2) is 16.8 Å². The second-order valence-electron chi connectivity index (χ2n) is 14.2. The van der Waals surface area contributed by atoms with Crippen molar-refractivity contribution in [2.45, 2.75) is 120 Å². The summed E-state index contributed by atoms with van der Waals surface area (Å²) in [5, 5.41) is 0. The maximum Gasteiger partial charge on any atom is 0.460 e. The van der Waals surface area contributed by atoms with Crippen LogP contribution in [0.5, 0.6) is 11.5 Å². The Bertz CT molecular complexity index is 2070. The topological polar surface area (TPSA) is 86.7 Å². The fraction of sp³-hybridized carbons (Fsp3) is 0.647. The molecule has 6 nitrogen and oxygen atoms in total. The molecule has 0 amide bonds. The number of rotatable bonds is 25. The SMILES string of the molecule is O=S(=O)(CCC(F)(F)C(F)(F)C(F)(F)C(F)(F)C(F)(F)C(F)(F)F)c1ccc(OCCCCCCOc2ccc(S(=O)(=O)CCC(F)(F)C(F)(F)C(F)(F)C(F)(F)C(F)(F)C(F)(F)F)cc2)cc1. The highest BCUT2D eigenvalue weighted by atomic mass is 32.2. The predicted octanol–water partition coefficient (Wildman–Crippen LogP) is 12.5. The smallest absolute Gasteiger partial charge is 0.460 e. The van der Waals surface area contributed by atoms with E-state index < -0.39 is 125 Å². The lowest BCUT2D eigenvalue weighted by Gasteiger charge is -2.39. The first kappa shape index (κ1) is 60.2. The molecule has 0 unspecified atom stereocenters. The zero-order valence-corrected chi connectivity index (χ0v) is 34.4. The van der Waals surface area contributed by atoms with Crippen LogP contribution in [0.15, 0.2) is 58.3 Å². The molecule has 394 valence electrons. The van der Waals surface area contributed by atoms with Crippen LogP contribution in [0.1, 0.15) is 38.5 Å². The first-order chi connectivity index (χ1) is 30.1. The molecule has 0 aliphatic carbocycles. The van der Waals surface area contributed by atoms with Crippen LogP contribution in [-0.4, -0.2) is 113 Å². The number of hydrogen-bond acceptors (Lipinski definition) is 6. The average Bonchev–Trinajstić information content (AvgIpc) is 3.19. The van der Waals surface area contributed by atoms with Crippen molar-refractivity contribution in [2.24, 2.45) is 0 Å². The molecule has 2 rings (SSSR count). The van der Waals surface area contributed by atoms with Crippen molar-refractivity contribution in [3.05, 3.63) is 48.5 Å². The zero-order chi connectivity index (χ0) is 53.5. The second kappa shape index (κ2) is 19.4. The van der Waals surface area contributed by atoms with Gasteiger partial charge in [0.25, 0.3) is 0 Å². The van der Waals surface area contributed by atoms with Gasteiger partial charge in [0, 0.05) is 12.8 Å². The van der Waals surface area contributed by atoms with E-state index in [9.17, 15) is 131 Å². The molecule has 0 atom stereocenters. The van der Waals surface area contributed by atoms with Gasteiger partial charge in [0.1, 0.15) is 11.5 Å². The van der Waals surface area contributed by atoms with E-state index >= 15 is 0 Å². The Balaban J connectivity index is 1.88. The summed E-state index contributed by atoms with van der Waals surface area (Å²) >= 11 is 0. The van der Waals surface area contributed by atoms with Crippen molar-refractivity contribution in [1.82, 2.24) is 0 Å². The van der Waals surface area contributed by atoms with Gasteiger partial charge in [0.2, 0.25) is 0 Å². The van der Waals surface area contributed by atoms with Gasteiger partial charge in [-0.15, -0.1) is 0 Å². The lowest BCUT2D eigenvalue weighted by atomic mass is 9.93. The predicted molar refractivity (Wildman–Crippen MR) is 177 cm³/mol. The van der Waals surface area contributed by atoms with Gasteiger partial charge in [-0.2, -0.15) is 114 Å². The van der Waals surface area contributed by atoms with Gasteiger partial charge >= 0.3 is 71.6 Å². The Morgan fingerprint density at radius 1 is 0.324 bits per heavy atom. The van der Waals surface area contributed by atoms with Crippen LogP contribution in [0.25, 0.3) is 0 Å². The molecule has 0 aliphatic rings. The van der Waals surface area contributed by atoms with Crippen molar-refractivity contribution >= 4 is 19.7 Å². The van der Waals surface area contributed by atoms with E-state index in [1.807, 2.05) is 0 Å². The van der Waals surface area contributed by atoms with Gasteiger partial charge in [-0.1, -0.05) is 0 Å². The fourth-order valence-electron chi connectivity index (χ4n) is 5.10. The second-order valence-corrected chi connectivity index (χ2v) is 18.4. The minimum Gasteiger partial charge on any atom is -0.494 e. The Labute approximate surface area is 364 Å². The number of unbranched alkanes of at least 4 members (excludes halogenated alkanes) is 3. The molecule has 0 spiro atoms. The zero-order valence-electron chi connectivity index (χ0n) is 32.8. The largest absolute Gasteiger partial charge is 0.494 e. The first-order valence-corrected chi connectivity index (χ1v) is 21.2. The minimum absolute atomic E-state index is 0.122. The lowest BCUT2D eigenvalue weighted by Crippen LogP contribution is -2.70. The summed E-state index contributed by atoms with van der Waals surface area (Å²) in [4.78, 5) is -1.98. The number of sulfone groups is 2. The number of hydrogen-bond donors (Lipinski definition) is 0. The van der Waals surface area contributed by atoms with E-state index in [-0.39, 0.29) is 37.6 Å². The van der Waals surface area contributed by atoms with Crippen LogP contribution in [0, 0.1) is 0 Å². The normalized spacial score (nSPS) is 15.1. The van der Waals surface area contributed by atoms with Gasteiger partial charge in [-0.3, -0.25) is 0 Å². The molecule has 0 radical (unpaired) electrons. The average molecular weight is 1090 g/mol. The molecular weight excluding hydrogens is 1060 g/mol. The van der Waals surface area contributed by atoms with Crippen LogP contribution < -0.4 is 9.47 Å². The number of ether oxygens (including phenoxy) is 2. The van der Waals surface area contributed by atoms with Crippen LogP contribution in [0.4, 0.5) is 114 Å². The summed E-state index contributed by atoms with van der Waals surface area (Å²) < 4.78 is 406. The maximum atomic E-state index is 14.1. The van der Waals surface area contributed by atoms with Crippen molar-refractivity contribution in [3.63, 3.8) is 0 Å². The third-order valence-electron chi connectivity index (χ3n) is 9.31. The van der Waals surface area contributed by atoms with Crippen molar-refractivity contribution in [2.75, 3.05) is 24.7 Å². The standard InChI is InChI=1S/C34H28F26O6S2/c35-23(36,25(39,40)27(43,44)29(47,48)31(51,52)33(55,56)57)13-17-67(61,62)21-9-5-19(6-10-21)65-15-3-1-2-4-16-66-20-7-11-22(12-8-20)68(63,64)18-14-24(37,38)26(41,42)28(45,46)30(49,50)32(53,54)34(58,59)60/h5-12H,1-4,13-18H2. The van der Waals surface area contributed by atoms with Crippen molar-refractivity contribution in [3.8, 4) is 11.5 Å². The molecule has 0 N–H and O–H groups in total. The van der Waals surface area contributed by atoms with Crippen molar-refractivity contribution in [1.29, 1.82) is 0 Å². The quantitative estimate of drug-likeness (QED) is 0.0727. The van der Waals surface area contributed by atoms with E-state index in [0.29, 0.717) is 37.1 Å². The van der Waals surface area contributed by atoms with Crippen molar-refractivity contribution < 1.29 is 140 Å². The molecule has 0 fully saturated rings. The number of alkyl halides is 26. The van der Waals surface area contributed by atoms with Gasteiger partial charge in [-0.05, 0) is 74.2 Å². The Hall–Kier alpha value is -3.88. The first-order valence-electron chi connectivity index (χ1n) is 17.9. The summed E-state index contributed by atoms with van der Waals surface area (Å²) in [5.74, 6) is -81.7. The third-order valence-corrected chi connectivity index (χ3v) is 12.8. The fourth-order valence-corrected chi connectivity index (χ4v) is 7.73. The van der Waals surface area contributed by atoms with Crippen LogP contribution in [-0.2, 0) is 19.7 Å². The van der Waals surface area contributed by atoms with E-state index in [2.05, 4.69) is 0 Å². The van der Waals surface area contributed by atoms with Gasteiger partial charge < -0.3 is 9.47 Å². The van der Waals surface area contributed by atoms with Crippen LogP contribution in [0.2, 0.25) is 0 Å². The monoisotopic (exact) mass is 1090 g/mol. The summed E-state index contributed by atoms with van der Waals surface area (Å²) in [6.45, 7) is -0.244. The number of benzene rings is 2. The molecule has 0 aliphatic heterocycles. The van der Waals surface area contributed by atoms with Gasteiger partial charge in [0.15, 0.2) is 19.7 Å². The summed E-state index contributed by atoms with van der Waals surface area (Å²) in [6, 6.07) is 5.83. The molecule has 68 heavy (non-hydrogen) atoms. The van der Waals surface area contributed by atoms with E-state index in [4.69, 9.17) is 9.47 Å². The molecule has 2 aromatic rings. The summed E-state index contributed by atoms with van der Waals surface area (Å²) in [6.07, 6.45) is -20.0. The Morgan fingerprint density at radius 3 is 0.794 bits per heavy atom. The summed E-state index contributed by atoms with van der Waals surface area (Å²) in [5.41, 5.74) is 0. The molecule has 0 heterocycles. The molecular formula is C34H28F26O6S2. The highest BCUT2D eigenvalue weighted by molar-refractivity contribution is 7.91. The van der Waals surface area contributed by atoms with E-state index in [1.165, 1.54) is 0 Å². The Morgan fingerprint density at radius 2 is 0.559 bits per heavy atom. The van der Waals surface area contributed by atoms with E-state index in [1.54, 1.807) is 0 Å². The molecule has 0 aromatic heterocycles. The van der Waals surface area contributed by atoms with Crippen LogP contribution in [0.3, 0.4) is 0 Å². The number of halogens is 26. The molecule has 0 bridgehead atoms. The third kappa shape index (κ3) is 11.3. The summed E-state index contributed by atoms with van der Waals surface area (Å²) in [7, 11) is -10.4. The van der Waals surface area contributed by atoms with E-state index in [0.717, 1.165) is 24.3 Å². The lowest BCUT2D eigenvalue weighted by molar-refractivity contribution is -0.439. The molecule has 0 saturated heterocycles. The highest BCUT2D eigenvalue weighted by Crippen LogP contribution is 2.62. The molecule has 34 heteroatoms. The minimum atomic E-state index is -8.16. The van der Waals surface area contributed by atoms with Crippen LogP contribution >= 0.6 is 0 Å². The van der Waals surface area contributed by atoms with Gasteiger partial charge in [0.05, 0.1) is 34.5 Å². The Kier molecular flexibility index (Phi) is 17.2. The molecule has 0 saturated carbocycles. The highest BCUT2D eigenvalue weighted by Gasteiger charge is 2.92. The molecule has 2 aromatic carbocycles.